The molecule has 1 atom stereocenters. The quantitative estimate of drug-likeness (QED) is 0.742. The molecule has 1 heterocycles. The number of carbonyl (C=O) groups is 2. The molecule has 1 N–H and O–H groups in total. The summed E-state index contributed by atoms with van der Waals surface area (Å²) in [6, 6.07) is 8.50. The summed E-state index contributed by atoms with van der Waals surface area (Å²) in [6.07, 6.45) is 0.618. The van der Waals surface area contributed by atoms with Gasteiger partial charge in [-0.3, -0.25) is 15.0 Å². The Morgan fingerprint density at radius 3 is 2.53 bits per heavy atom. The molecule has 0 radical (unpaired) electrons. The van der Waals surface area contributed by atoms with Crippen LogP contribution in [0.15, 0.2) is 30.3 Å². The van der Waals surface area contributed by atoms with Gasteiger partial charge in [0.05, 0.1) is 0 Å². The third kappa shape index (κ3) is 1.58. The molecule has 2 rings (SSSR count). The molecule has 4 nitrogen and oxygen atoms in total. The van der Waals surface area contributed by atoms with Crippen molar-refractivity contribution in [1.29, 1.82) is 0 Å². The van der Waals surface area contributed by atoms with E-state index in [0.717, 1.165) is 5.69 Å². The Morgan fingerprint density at radius 2 is 1.93 bits per heavy atom. The van der Waals surface area contributed by atoms with Crippen LogP contribution in [0.1, 0.15) is 13.3 Å². The third-order valence-electron chi connectivity index (χ3n) is 2.48. The molecule has 0 spiro atoms. The fourth-order valence-corrected chi connectivity index (χ4v) is 1.76. The summed E-state index contributed by atoms with van der Waals surface area (Å²) in [7, 11) is 0. The summed E-state index contributed by atoms with van der Waals surface area (Å²) < 4.78 is 0. The third-order valence-corrected chi connectivity index (χ3v) is 2.48. The zero-order chi connectivity index (χ0) is 10.8. The number of benzene rings is 1. The molecule has 1 aromatic rings. The maximum atomic E-state index is 11.5. The molecule has 1 saturated heterocycles. The van der Waals surface area contributed by atoms with Crippen LogP contribution in [0.3, 0.4) is 0 Å². The summed E-state index contributed by atoms with van der Waals surface area (Å²) >= 11 is 0. The smallest absolute Gasteiger partial charge is 0.282 e. The largest absolute Gasteiger partial charge is 0.329 e. The number of amides is 3. The second kappa shape index (κ2) is 3.73. The van der Waals surface area contributed by atoms with Crippen molar-refractivity contribution < 1.29 is 9.59 Å². The van der Waals surface area contributed by atoms with Gasteiger partial charge in [-0.15, -0.1) is 0 Å². The molecule has 1 aliphatic heterocycles. The lowest BCUT2D eigenvalue weighted by molar-refractivity contribution is -0.119. The van der Waals surface area contributed by atoms with Crippen LogP contribution in [0.25, 0.3) is 0 Å². The Labute approximate surface area is 87.9 Å². The number of carbonyl (C=O) groups excluding carboxylic acids is 2. The van der Waals surface area contributed by atoms with E-state index in [1.807, 2.05) is 37.3 Å². The molecule has 1 aromatic carbocycles. The van der Waals surface area contributed by atoms with Gasteiger partial charge < -0.3 is 0 Å². The summed E-state index contributed by atoms with van der Waals surface area (Å²) in [4.78, 5) is 24.5. The topological polar surface area (TPSA) is 49.4 Å². The lowest BCUT2D eigenvalue weighted by atomic mass is 10.2. The monoisotopic (exact) mass is 204 g/mol. The van der Waals surface area contributed by atoms with Crippen LogP contribution >= 0.6 is 0 Å². The van der Waals surface area contributed by atoms with E-state index < -0.39 is 0 Å². The van der Waals surface area contributed by atoms with E-state index in [2.05, 4.69) is 5.32 Å². The number of imide groups is 1. The normalized spacial score (nSPS) is 20.6. The minimum absolute atomic E-state index is 0.216. The highest BCUT2D eigenvalue weighted by molar-refractivity contribution is 6.14. The second-order valence-electron chi connectivity index (χ2n) is 3.42. The standard InChI is InChI=1S/C11H12N2O2/c1-2-9-10(14)12-11(15)13(9)8-6-4-3-5-7-8/h3-7,9H,2H2,1H3,(H,12,14,15)/t9-/m0/s1. The van der Waals surface area contributed by atoms with Crippen LogP contribution in [-0.4, -0.2) is 18.0 Å². The van der Waals surface area contributed by atoms with Gasteiger partial charge >= 0.3 is 6.03 Å². The zero-order valence-electron chi connectivity index (χ0n) is 8.43. The summed E-state index contributed by atoms with van der Waals surface area (Å²) in [6.45, 7) is 1.89. The van der Waals surface area contributed by atoms with Crippen molar-refractivity contribution in [2.75, 3.05) is 4.90 Å². The summed E-state index contributed by atoms with van der Waals surface area (Å²) in [5, 5.41) is 2.31. The first-order chi connectivity index (χ1) is 7.24. The maximum absolute atomic E-state index is 11.5. The molecule has 0 saturated carbocycles. The average molecular weight is 204 g/mol. The van der Waals surface area contributed by atoms with Gasteiger partial charge in [0.1, 0.15) is 6.04 Å². The van der Waals surface area contributed by atoms with E-state index in [4.69, 9.17) is 0 Å². The first-order valence-electron chi connectivity index (χ1n) is 4.93. The number of hydrogen-bond donors (Lipinski definition) is 1. The molecule has 0 bridgehead atoms. The molecule has 15 heavy (non-hydrogen) atoms. The van der Waals surface area contributed by atoms with Gasteiger partial charge in [0.2, 0.25) is 0 Å². The van der Waals surface area contributed by atoms with E-state index in [1.165, 1.54) is 4.90 Å². The summed E-state index contributed by atoms with van der Waals surface area (Å²) in [5.74, 6) is -0.216. The number of para-hydroxylation sites is 1. The molecule has 0 aliphatic carbocycles. The number of anilines is 1. The molecule has 1 fully saturated rings. The number of urea groups is 1. The van der Waals surface area contributed by atoms with Crippen LogP contribution in [0.2, 0.25) is 0 Å². The van der Waals surface area contributed by atoms with E-state index in [1.54, 1.807) is 0 Å². The van der Waals surface area contributed by atoms with Gasteiger partial charge in [0, 0.05) is 5.69 Å². The second-order valence-corrected chi connectivity index (χ2v) is 3.42. The predicted molar refractivity (Wildman–Crippen MR) is 56.5 cm³/mol. The number of rotatable bonds is 2. The first kappa shape index (κ1) is 9.71. The van der Waals surface area contributed by atoms with Crippen molar-refractivity contribution in [2.24, 2.45) is 0 Å². The predicted octanol–water partition coefficient (Wildman–Crippen LogP) is 1.52. The highest BCUT2D eigenvalue weighted by Gasteiger charge is 2.37. The Hall–Kier alpha value is -1.84. The molecule has 78 valence electrons. The van der Waals surface area contributed by atoms with Crippen molar-refractivity contribution in [3.05, 3.63) is 30.3 Å². The lowest BCUT2D eigenvalue weighted by Crippen LogP contribution is -2.34. The minimum atomic E-state index is -0.375. The number of nitrogens with one attached hydrogen (secondary N) is 1. The first-order valence-corrected chi connectivity index (χ1v) is 4.93. The Bertz CT molecular complexity index is 389. The summed E-state index contributed by atoms with van der Waals surface area (Å²) in [5.41, 5.74) is 0.757. The van der Waals surface area contributed by atoms with Crippen LogP contribution in [0, 0.1) is 0 Å². The molecular weight excluding hydrogens is 192 g/mol. The van der Waals surface area contributed by atoms with Crippen molar-refractivity contribution in [1.82, 2.24) is 5.32 Å². The maximum Gasteiger partial charge on any atom is 0.329 e. The van der Waals surface area contributed by atoms with Gasteiger partial charge in [-0.05, 0) is 18.6 Å². The highest BCUT2D eigenvalue weighted by Crippen LogP contribution is 2.21. The fraction of sp³-hybridized carbons (Fsp3) is 0.273. The minimum Gasteiger partial charge on any atom is -0.282 e. The van der Waals surface area contributed by atoms with Crippen LogP contribution in [-0.2, 0) is 4.79 Å². The van der Waals surface area contributed by atoms with Gasteiger partial charge in [0.15, 0.2) is 0 Å². The van der Waals surface area contributed by atoms with Crippen LogP contribution in [0.4, 0.5) is 10.5 Å². The molecule has 1 aliphatic rings. The van der Waals surface area contributed by atoms with Crippen molar-refractivity contribution >= 4 is 17.6 Å². The Balaban J connectivity index is 2.35. The SMILES string of the molecule is CC[C@H]1C(=O)NC(=O)N1c1ccccc1. The Kier molecular flexibility index (Phi) is 2.41. The van der Waals surface area contributed by atoms with E-state index in [9.17, 15) is 9.59 Å². The molecular formula is C11H12N2O2. The fourth-order valence-electron chi connectivity index (χ4n) is 1.76. The van der Waals surface area contributed by atoms with Gasteiger partial charge in [-0.25, -0.2) is 4.79 Å². The average Bonchev–Trinajstić information content (AvgIpc) is 2.54. The van der Waals surface area contributed by atoms with Gasteiger partial charge in [-0.1, -0.05) is 25.1 Å². The zero-order valence-corrected chi connectivity index (χ0v) is 8.43. The van der Waals surface area contributed by atoms with Gasteiger partial charge in [0.25, 0.3) is 5.91 Å². The number of hydrogen-bond acceptors (Lipinski definition) is 2. The van der Waals surface area contributed by atoms with Crippen molar-refractivity contribution in [3.63, 3.8) is 0 Å². The molecule has 0 aromatic heterocycles. The van der Waals surface area contributed by atoms with Crippen molar-refractivity contribution in [3.8, 4) is 0 Å². The van der Waals surface area contributed by atoms with E-state index in [0.29, 0.717) is 6.42 Å². The van der Waals surface area contributed by atoms with E-state index >= 15 is 0 Å². The lowest BCUT2D eigenvalue weighted by Gasteiger charge is -2.20. The van der Waals surface area contributed by atoms with Crippen LogP contribution < -0.4 is 10.2 Å². The molecule has 0 unspecified atom stereocenters. The highest BCUT2D eigenvalue weighted by atomic mass is 16.2. The Morgan fingerprint density at radius 1 is 1.27 bits per heavy atom. The van der Waals surface area contributed by atoms with Gasteiger partial charge in [-0.2, -0.15) is 0 Å². The molecule has 4 heteroatoms. The molecule has 3 amide bonds. The van der Waals surface area contributed by atoms with E-state index in [-0.39, 0.29) is 18.0 Å². The van der Waals surface area contributed by atoms with Crippen molar-refractivity contribution in [2.45, 2.75) is 19.4 Å². The van der Waals surface area contributed by atoms with Crippen LogP contribution in [0.5, 0.6) is 0 Å². The number of nitrogens with zero attached hydrogens (tertiary/aromatic N) is 1.